The molecule has 2 bridgehead atoms. The summed E-state index contributed by atoms with van der Waals surface area (Å²) in [4.78, 5) is 13.8. The Labute approximate surface area is 198 Å². The van der Waals surface area contributed by atoms with E-state index in [4.69, 9.17) is 14.6 Å². The van der Waals surface area contributed by atoms with E-state index in [1.807, 2.05) is 16.9 Å². The van der Waals surface area contributed by atoms with Crippen LogP contribution in [0, 0.1) is 6.92 Å². The average molecular weight is 467 g/mol. The van der Waals surface area contributed by atoms with Crippen LogP contribution in [0.5, 0.6) is 6.01 Å². The van der Waals surface area contributed by atoms with Crippen molar-refractivity contribution in [3.63, 3.8) is 0 Å². The van der Waals surface area contributed by atoms with E-state index in [-0.39, 0.29) is 12.8 Å². The number of hydrogen-bond donors (Lipinski definition) is 0. The summed E-state index contributed by atoms with van der Waals surface area (Å²) in [5.41, 5.74) is 3.67. The molecular weight excluding hydrogens is 435 g/mol. The van der Waals surface area contributed by atoms with Gasteiger partial charge in [0.05, 0.1) is 37.6 Å². The van der Waals surface area contributed by atoms with Gasteiger partial charge in [0.2, 0.25) is 0 Å². The number of halogens is 1. The molecule has 3 aromatic rings. The number of aryl methyl sites for hydroxylation is 1. The highest BCUT2D eigenvalue weighted by Crippen LogP contribution is 2.35. The fourth-order valence-corrected chi connectivity index (χ4v) is 5.84. The van der Waals surface area contributed by atoms with Gasteiger partial charge in [0.1, 0.15) is 12.5 Å². The number of fused-ring (bicyclic) bond motifs is 3. The number of likely N-dealkylation sites (tertiary alicyclic amines) is 1. The normalized spacial score (nSPS) is 23.3. The first-order valence-corrected chi connectivity index (χ1v) is 12.2. The highest BCUT2D eigenvalue weighted by atomic mass is 19.1. The van der Waals surface area contributed by atoms with Gasteiger partial charge in [-0.2, -0.15) is 15.1 Å². The second-order valence-corrected chi connectivity index (χ2v) is 9.70. The zero-order valence-electron chi connectivity index (χ0n) is 19.8. The predicted molar refractivity (Wildman–Crippen MR) is 128 cm³/mol. The van der Waals surface area contributed by atoms with Gasteiger partial charge in [-0.05, 0) is 68.5 Å². The molecule has 0 saturated carbocycles. The molecule has 3 aliphatic heterocycles. The Morgan fingerprint density at radius 1 is 1.15 bits per heavy atom. The summed E-state index contributed by atoms with van der Waals surface area (Å²) < 4.78 is 25.9. The quantitative estimate of drug-likeness (QED) is 0.552. The van der Waals surface area contributed by atoms with Crippen molar-refractivity contribution in [2.75, 3.05) is 51.5 Å². The molecule has 180 valence electrons. The molecule has 2 unspecified atom stereocenters. The lowest BCUT2D eigenvalue weighted by atomic mass is 9.86. The number of aromatic nitrogens is 4. The van der Waals surface area contributed by atoms with E-state index in [1.54, 1.807) is 7.11 Å². The van der Waals surface area contributed by atoms with Crippen molar-refractivity contribution in [2.45, 2.75) is 44.2 Å². The van der Waals surface area contributed by atoms with E-state index >= 15 is 0 Å². The summed E-state index contributed by atoms with van der Waals surface area (Å²) in [6, 6.07) is 7.19. The van der Waals surface area contributed by atoms with Gasteiger partial charge in [-0.3, -0.25) is 0 Å². The van der Waals surface area contributed by atoms with Gasteiger partial charge in [0.15, 0.2) is 5.82 Å². The molecule has 8 nitrogen and oxygen atoms in total. The second-order valence-electron chi connectivity index (χ2n) is 9.70. The monoisotopic (exact) mass is 466 g/mol. The van der Waals surface area contributed by atoms with Crippen LogP contribution >= 0.6 is 0 Å². The number of benzene rings is 1. The molecule has 3 saturated heterocycles. The van der Waals surface area contributed by atoms with Gasteiger partial charge in [-0.15, -0.1) is 0 Å². The molecule has 1 aromatic carbocycles. The van der Waals surface area contributed by atoms with Crippen LogP contribution in [0.2, 0.25) is 0 Å². The van der Waals surface area contributed by atoms with Crippen LogP contribution in [0.15, 0.2) is 24.4 Å². The minimum Gasteiger partial charge on any atom is -0.467 e. The summed E-state index contributed by atoms with van der Waals surface area (Å²) in [6.45, 7) is 5.92. The van der Waals surface area contributed by atoms with Crippen LogP contribution in [-0.4, -0.2) is 83.4 Å². The molecule has 2 aromatic heterocycles. The van der Waals surface area contributed by atoms with Gasteiger partial charge < -0.3 is 19.3 Å². The number of methoxy groups -OCH3 is 1. The summed E-state index contributed by atoms with van der Waals surface area (Å²) in [6.07, 6.45) is 5.31. The standard InChI is InChI=1S/C25H31FN6O2/c1-16-9-18-13-27-32(22(18)11-21(16)17-3-6-30(7-4-17)8-5-26)24-12-23(28-25(29-24)33-2)31-14-20-10-19(31)15-34-20/h9,11-13,17,19-20H,3-8,10,14-15H2,1-2H3. The molecule has 2 atom stereocenters. The Bertz CT molecular complexity index is 1190. The Morgan fingerprint density at radius 3 is 2.68 bits per heavy atom. The zero-order valence-corrected chi connectivity index (χ0v) is 19.8. The number of anilines is 1. The summed E-state index contributed by atoms with van der Waals surface area (Å²) in [7, 11) is 1.60. The maximum Gasteiger partial charge on any atom is 0.320 e. The molecule has 3 aliphatic rings. The van der Waals surface area contributed by atoms with Crippen molar-refractivity contribution in [1.82, 2.24) is 24.6 Å². The Balaban J connectivity index is 1.35. The molecule has 0 spiro atoms. The lowest BCUT2D eigenvalue weighted by Crippen LogP contribution is -2.37. The molecule has 5 heterocycles. The molecule has 3 fully saturated rings. The van der Waals surface area contributed by atoms with E-state index in [2.05, 4.69) is 38.8 Å². The molecule has 0 aliphatic carbocycles. The van der Waals surface area contributed by atoms with Crippen LogP contribution in [0.1, 0.15) is 36.3 Å². The first-order chi connectivity index (χ1) is 16.6. The number of piperidine rings is 1. The van der Waals surface area contributed by atoms with Crippen molar-refractivity contribution < 1.29 is 13.9 Å². The highest BCUT2D eigenvalue weighted by Gasteiger charge is 2.40. The minimum absolute atomic E-state index is 0.273. The molecule has 0 amide bonds. The SMILES string of the molecule is COc1nc(N2CC3CC2CO3)cc(-n2ncc3cc(C)c(C4CCN(CCF)CC4)cc32)n1. The van der Waals surface area contributed by atoms with Crippen LogP contribution in [0.3, 0.4) is 0 Å². The molecule has 6 rings (SSSR count). The third-order valence-electron chi connectivity index (χ3n) is 7.66. The number of hydrogen-bond acceptors (Lipinski definition) is 7. The smallest absolute Gasteiger partial charge is 0.320 e. The van der Waals surface area contributed by atoms with Gasteiger partial charge in [-0.1, -0.05) is 0 Å². The van der Waals surface area contributed by atoms with Crippen molar-refractivity contribution in [3.8, 4) is 11.8 Å². The number of nitrogens with zero attached hydrogens (tertiary/aromatic N) is 6. The van der Waals surface area contributed by atoms with Crippen molar-refractivity contribution in [3.05, 3.63) is 35.5 Å². The Hall–Kier alpha value is -2.78. The van der Waals surface area contributed by atoms with E-state index < -0.39 is 0 Å². The maximum atomic E-state index is 12.8. The van der Waals surface area contributed by atoms with E-state index in [1.165, 1.54) is 11.1 Å². The number of morpholine rings is 1. The lowest BCUT2D eigenvalue weighted by molar-refractivity contribution is 0.0988. The Morgan fingerprint density at radius 2 is 1.97 bits per heavy atom. The van der Waals surface area contributed by atoms with E-state index in [9.17, 15) is 4.39 Å². The largest absolute Gasteiger partial charge is 0.467 e. The van der Waals surface area contributed by atoms with Gasteiger partial charge in [-0.25, -0.2) is 9.07 Å². The summed E-state index contributed by atoms with van der Waals surface area (Å²) in [5.74, 6) is 2.03. The molecule has 0 radical (unpaired) electrons. The lowest BCUT2D eigenvalue weighted by Gasteiger charge is -2.32. The third-order valence-corrected chi connectivity index (χ3v) is 7.66. The molecule has 0 N–H and O–H groups in total. The van der Waals surface area contributed by atoms with Crippen molar-refractivity contribution in [1.29, 1.82) is 0 Å². The van der Waals surface area contributed by atoms with Crippen LogP contribution in [0.25, 0.3) is 16.7 Å². The molecule has 9 heteroatoms. The molecule has 34 heavy (non-hydrogen) atoms. The summed E-state index contributed by atoms with van der Waals surface area (Å²) in [5, 5.41) is 5.79. The summed E-state index contributed by atoms with van der Waals surface area (Å²) >= 11 is 0. The van der Waals surface area contributed by atoms with Crippen LogP contribution < -0.4 is 9.64 Å². The van der Waals surface area contributed by atoms with Gasteiger partial charge >= 0.3 is 6.01 Å². The average Bonchev–Trinajstić information content (AvgIpc) is 3.60. The maximum absolute atomic E-state index is 12.8. The van der Waals surface area contributed by atoms with Crippen molar-refractivity contribution >= 4 is 16.7 Å². The fraction of sp³-hybridized carbons (Fsp3) is 0.560. The van der Waals surface area contributed by atoms with Crippen LogP contribution in [0.4, 0.5) is 10.2 Å². The zero-order chi connectivity index (χ0) is 23.2. The second kappa shape index (κ2) is 8.78. The number of alkyl halides is 1. The predicted octanol–water partition coefficient (Wildman–Crippen LogP) is 3.26. The van der Waals surface area contributed by atoms with E-state index in [0.717, 1.165) is 62.2 Å². The highest BCUT2D eigenvalue weighted by molar-refractivity contribution is 5.82. The molecular formula is C25H31FN6O2. The van der Waals surface area contributed by atoms with Crippen molar-refractivity contribution in [2.24, 2.45) is 0 Å². The van der Waals surface area contributed by atoms with E-state index in [0.29, 0.717) is 30.3 Å². The van der Waals surface area contributed by atoms with Crippen LogP contribution in [-0.2, 0) is 4.74 Å². The first-order valence-electron chi connectivity index (χ1n) is 12.2. The minimum atomic E-state index is -0.273. The Kier molecular flexibility index (Phi) is 5.61. The topological polar surface area (TPSA) is 68.5 Å². The third kappa shape index (κ3) is 3.80. The first kappa shape index (κ1) is 21.7. The fourth-order valence-electron chi connectivity index (χ4n) is 5.84. The van der Waals surface area contributed by atoms with Gasteiger partial charge in [0, 0.05) is 24.5 Å². The van der Waals surface area contributed by atoms with Gasteiger partial charge in [0.25, 0.3) is 0 Å². The number of rotatable bonds is 6. The number of ether oxygens (including phenoxy) is 2.